The van der Waals surface area contributed by atoms with Crippen LogP contribution in [0.25, 0.3) is 21.8 Å². The molecule has 1 amide bonds. The molecular formula is C21H14ClF2N3O2S2. The van der Waals surface area contributed by atoms with Gasteiger partial charge in [-0.3, -0.25) is 4.79 Å². The van der Waals surface area contributed by atoms with Crippen LogP contribution in [0.1, 0.15) is 5.69 Å². The van der Waals surface area contributed by atoms with Crippen molar-refractivity contribution in [3.63, 3.8) is 0 Å². The number of hydrogen-bond acceptors (Lipinski definition) is 6. The molecule has 0 fully saturated rings. The minimum absolute atomic E-state index is 0.0234. The van der Waals surface area contributed by atoms with Crippen molar-refractivity contribution in [2.45, 2.75) is 13.0 Å². The summed E-state index contributed by atoms with van der Waals surface area (Å²) in [7, 11) is 0. The van der Waals surface area contributed by atoms with Crippen molar-refractivity contribution in [1.82, 2.24) is 9.97 Å². The molecular weight excluding hydrogens is 464 g/mol. The van der Waals surface area contributed by atoms with Gasteiger partial charge in [0.25, 0.3) is 0 Å². The summed E-state index contributed by atoms with van der Waals surface area (Å²) >= 11 is 8.81. The van der Waals surface area contributed by atoms with Crippen molar-refractivity contribution in [2.75, 3.05) is 5.32 Å². The van der Waals surface area contributed by atoms with Gasteiger partial charge in [-0.05, 0) is 18.2 Å². The molecule has 0 saturated heterocycles. The van der Waals surface area contributed by atoms with Gasteiger partial charge in [0, 0.05) is 21.9 Å². The fourth-order valence-electron chi connectivity index (χ4n) is 2.81. The molecule has 2 aromatic heterocycles. The van der Waals surface area contributed by atoms with E-state index in [1.807, 2.05) is 23.6 Å². The Bertz CT molecular complexity index is 1210. The van der Waals surface area contributed by atoms with Gasteiger partial charge >= 0.3 is 6.61 Å². The predicted octanol–water partition coefficient (Wildman–Crippen LogP) is 6.37. The Labute approximate surface area is 189 Å². The molecule has 2 heterocycles. The van der Waals surface area contributed by atoms with Gasteiger partial charge in [-0.2, -0.15) is 8.78 Å². The quantitative estimate of drug-likeness (QED) is 0.336. The van der Waals surface area contributed by atoms with E-state index in [0.29, 0.717) is 27.1 Å². The van der Waals surface area contributed by atoms with E-state index in [1.54, 1.807) is 29.6 Å². The molecule has 31 heavy (non-hydrogen) atoms. The summed E-state index contributed by atoms with van der Waals surface area (Å²) in [4.78, 5) is 21.2. The number of para-hydroxylation sites is 1. The van der Waals surface area contributed by atoms with E-state index in [9.17, 15) is 13.6 Å². The molecule has 5 nitrogen and oxygen atoms in total. The first kappa shape index (κ1) is 21.4. The lowest BCUT2D eigenvalue weighted by molar-refractivity contribution is -0.115. The first-order valence-corrected chi connectivity index (χ1v) is 11.1. The maximum absolute atomic E-state index is 12.6. The van der Waals surface area contributed by atoms with Gasteiger partial charge in [0.2, 0.25) is 5.91 Å². The van der Waals surface area contributed by atoms with Crippen LogP contribution in [0, 0.1) is 0 Å². The summed E-state index contributed by atoms with van der Waals surface area (Å²) in [5.41, 5.74) is 2.29. The van der Waals surface area contributed by atoms with Crippen LogP contribution in [0.3, 0.4) is 0 Å². The van der Waals surface area contributed by atoms with Crippen LogP contribution in [0.2, 0.25) is 5.02 Å². The minimum atomic E-state index is -2.94. The van der Waals surface area contributed by atoms with Gasteiger partial charge < -0.3 is 10.1 Å². The zero-order valence-corrected chi connectivity index (χ0v) is 18.1. The molecule has 4 aromatic rings. The lowest BCUT2D eigenvalue weighted by atomic mass is 10.1. The van der Waals surface area contributed by atoms with Crippen molar-refractivity contribution >= 4 is 45.3 Å². The van der Waals surface area contributed by atoms with E-state index in [2.05, 4.69) is 20.0 Å². The molecule has 0 spiro atoms. The number of halogens is 3. The lowest BCUT2D eigenvalue weighted by Crippen LogP contribution is -2.14. The number of carbonyl (C=O) groups excluding carboxylic acids is 1. The third kappa shape index (κ3) is 5.25. The van der Waals surface area contributed by atoms with Gasteiger partial charge in [0.15, 0.2) is 5.13 Å². The Morgan fingerprint density at radius 3 is 2.55 bits per heavy atom. The van der Waals surface area contributed by atoms with Gasteiger partial charge in [0.05, 0.1) is 22.8 Å². The molecule has 0 saturated carbocycles. The van der Waals surface area contributed by atoms with E-state index < -0.39 is 6.61 Å². The summed E-state index contributed by atoms with van der Waals surface area (Å²) in [5.74, 6) is -0.260. The maximum atomic E-state index is 12.6. The van der Waals surface area contributed by atoms with Crippen molar-refractivity contribution in [1.29, 1.82) is 0 Å². The molecule has 0 bridgehead atoms. The number of ether oxygens (including phenoxy) is 1. The monoisotopic (exact) mass is 477 g/mol. The van der Waals surface area contributed by atoms with Crippen LogP contribution in [-0.4, -0.2) is 22.5 Å². The highest BCUT2D eigenvalue weighted by atomic mass is 35.5. The Morgan fingerprint density at radius 2 is 1.77 bits per heavy atom. The highest BCUT2D eigenvalue weighted by molar-refractivity contribution is 7.14. The maximum Gasteiger partial charge on any atom is 0.387 e. The molecule has 10 heteroatoms. The van der Waals surface area contributed by atoms with Gasteiger partial charge in [0.1, 0.15) is 10.8 Å². The molecule has 2 aromatic carbocycles. The molecule has 0 unspecified atom stereocenters. The molecule has 0 aliphatic heterocycles. The predicted molar refractivity (Wildman–Crippen MR) is 119 cm³/mol. The topological polar surface area (TPSA) is 64.1 Å². The Balaban J connectivity index is 1.43. The Morgan fingerprint density at radius 1 is 1.03 bits per heavy atom. The first-order chi connectivity index (χ1) is 15.0. The van der Waals surface area contributed by atoms with Crippen LogP contribution >= 0.6 is 34.3 Å². The number of nitrogens with one attached hydrogen (secondary N) is 1. The molecule has 0 radical (unpaired) electrons. The summed E-state index contributed by atoms with van der Waals surface area (Å²) in [6, 6.07) is 13.7. The number of alkyl halides is 2. The molecule has 0 atom stereocenters. The third-order valence-corrected chi connectivity index (χ3v) is 6.14. The Kier molecular flexibility index (Phi) is 6.55. The second-order valence-corrected chi connectivity index (χ2v) is 8.38. The number of carbonyl (C=O) groups is 1. The van der Waals surface area contributed by atoms with Gasteiger partial charge in [-0.1, -0.05) is 41.9 Å². The van der Waals surface area contributed by atoms with Crippen LogP contribution in [0.4, 0.5) is 13.9 Å². The number of anilines is 1. The summed E-state index contributed by atoms with van der Waals surface area (Å²) < 4.78 is 29.8. The van der Waals surface area contributed by atoms with E-state index >= 15 is 0 Å². The normalized spacial score (nSPS) is 11.0. The highest BCUT2D eigenvalue weighted by Crippen LogP contribution is 2.33. The smallest absolute Gasteiger partial charge is 0.387 e. The minimum Gasteiger partial charge on any atom is -0.434 e. The number of thiazole rings is 2. The molecule has 0 aliphatic carbocycles. The fraction of sp³-hybridized carbons (Fsp3) is 0.0952. The standard InChI is InChI=1S/C21H14ClF2N3O2S2/c22-15-7-3-1-5-13(15)19-25-12(10-30-19)9-18(28)27-21-26-16(11-31-21)14-6-2-4-8-17(14)29-20(23)24/h1-8,10-11,20H,9H2,(H,26,27,28). The average Bonchev–Trinajstić information content (AvgIpc) is 3.38. The van der Waals surface area contributed by atoms with Crippen molar-refractivity contribution in [2.24, 2.45) is 0 Å². The number of benzene rings is 2. The number of hydrogen-bond donors (Lipinski definition) is 1. The SMILES string of the molecule is O=C(Cc1csc(-c2ccccc2Cl)n1)Nc1nc(-c2ccccc2OC(F)F)cs1. The Hall–Kier alpha value is -2.88. The fourth-order valence-corrected chi connectivity index (χ4v) is 4.67. The summed E-state index contributed by atoms with van der Waals surface area (Å²) in [5, 5.41) is 7.88. The van der Waals surface area contributed by atoms with E-state index in [0.717, 1.165) is 10.6 Å². The van der Waals surface area contributed by atoms with E-state index in [-0.39, 0.29) is 18.1 Å². The van der Waals surface area contributed by atoms with Crippen LogP contribution in [0.5, 0.6) is 5.75 Å². The van der Waals surface area contributed by atoms with Gasteiger partial charge in [-0.25, -0.2) is 9.97 Å². The average molecular weight is 478 g/mol. The largest absolute Gasteiger partial charge is 0.434 e. The number of amides is 1. The van der Waals surface area contributed by atoms with Crippen LogP contribution in [-0.2, 0) is 11.2 Å². The zero-order valence-electron chi connectivity index (χ0n) is 15.7. The van der Waals surface area contributed by atoms with Crippen molar-refractivity contribution in [3.05, 3.63) is 70.0 Å². The molecule has 4 rings (SSSR count). The first-order valence-electron chi connectivity index (χ1n) is 8.98. The van der Waals surface area contributed by atoms with Crippen LogP contribution in [0.15, 0.2) is 59.3 Å². The number of nitrogens with zero attached hydrogens (tertiary/aromatic N) is 2. The summed E-state index contributed by atoms with van der Waals surface area (Å²) in [6.45, 7) is -2.94. The van der Waals surface area contributed by atoms with Crippen molar-refractivity contribution in [3.8, 4) is 27.6 Å². The third-order valence-electron chi connectivity index (χ3n) is 4.13. The van der Waals surface area contributed by atoms with Crippen LogP contribution < -0.4 is 10.1 Å². The molecule has 0 aliphatic rings. The highest BCUT2D eigenvalue weighted by Gasteiger charge is 2.15. The summed E-state index contributed by atoms with van der Waals surface area (Å²) in [6.07, 6.45) is 0.0704. The molecule has 158 valence electrons. The van der Waals surface area contributed by atoms with E-state index in [4.69, 9.17) is 11.6 Å². The zero-order chi connectivity index (χ0) is 21.8. The number of rotatable bonds is 7. The molecule has 1 N–H and O–H groups in total. The second kappa shape index (κ2) is 9.51. The second-order valence-electron chi connectivity index (χ2n) is 6.26. The lowest BCUT2D eigenvalue weighted by Gasteiger charge is -2.08. The van der Waals surface area contributed by atoms with Gasteiger partial charge in [-0.15, -0.1) is 22.7 Å². The van der Waals surface area contributed by atoms with E-state index in [1.165, 1.54) is 28.7 Å². The number of aromatic nitrogens is 2. The van der Waals surface area contributed by atoms with Crippen molar-refractivity contribution < 1.29 is 18.3 Å².